The largest absolute Gasteiger partial charge is 0.467 e. The molecule has 3 rings (SSSR count). The van der Waals surface area contributed by atoms with E-state index in [1.807, 2.05) is 42.5 Å². The van der Waals surface area contributed by atoms with Crippen molar-refractivity contribution in [3.63, 3.8) is 0 Å². The maximum absolute atomic E-state index is 13.3. The number of carbonyl (C=O) groups is 2. The first kappa shape index (κ1) is 19.5. The molecule has 0 unspecified atom stereocenters. The summed E-state index contributed by atoms with van der Waals surface area (Å²) in [6, 6.07) is 15.4. The first-order valence-corrected chi connectivity index (χ1v) is 8.75. The van der Waals surface area contributed by atoms with Crippen LogP contribution in [0, 0.1) is 11.6 Å². The number of esters is 1. The van der Waals surface area contributed by atoms with Crippen molar-refractivity contribution >= 4 is 22.6 Å². The van der Waals surface area contributed by atoms with Crippen LogP contribution in [-0.2, 0) is 27.2 Å². The number of nitrogens with one attached hydrogen (secondary N) is 1. The summed E-state index contributed by atoms with van der Waals surface area (Å²) in [5.74, 6) is -2.64. The Bertz CT molecular complexity index is 994. The third kappa shape index (κ3) is 4.71. The number of fused-ring (bicyclic) bond motifs is 1. The van der Waals surface area contributed by atoms with E-state index in [2.05, 4.69) is 5.32 Å². The second-order valence-electron chi connectivity index (χ2n) is 6.44. The Labute approximate surface area is 161 Å². The van der Waals surface area contributed by atoms with Gasteiger partial charge < -0.3 is 10.1 Å². The zero-order valence-electron chi connectivity index (χ0n) is 15.2. The number of ether oxygens (including phenoxy) is 1. The minimum Gasteiger partial charge on any atom is -0.467 e. The van der Waals surface area contributed by atoms with E-state index >= 15 is 0 Å². The number of carbonyl (C=O) groups excluding carboxylic acids is 2. The van der Waals surface area contributed by atoms with Crippen LogP contribution in [0.2, 0.25) is 0 Å². The minimum absolute atomic E-state index is 0.184. The highest BCUT2D eigenvalue weighted by Crippen LogP contribution is 2.20. The molecule has 0 aromatic heterocycles. The van der Waals surface area contributed by atoms with Crippen molar-refractivity contribution in [2.75, 3.05) is 7.11 Å². The fourth-order valence-corrected chi connectivity index (χ4v) is 3.17. The van der Waals surface area contributed by atoms with Gasteiger partial charge in [0.1, 0.15) is 17.7 Å². The molecule has 0 fully saturated rings. The summed E-state index contributed by atoms with van der Waals surface area (Å²) >= 11 is 0. The van der Waals surface area contributed by atoms with Gasteiger partial charge in [-0.2, -0.15) is 0 Å². The number of hydrogen-bond acceptors (Lipinski definition) is 3. The Morgan fingerprint density at radius 2 is 1.68 bits per heavy atom. The number of rotatable bonds is 6. The van der Waals surface area contributed by atoms with Gasteiger partial charge >= 0.3 is 5.97 Å². The van der Waals surface area contributed by atoms with Gasteiger partial charge in [-0.3, -0.25) is 4.79 Å². The van der Waals surface area contributed by atoms with Crippen molar-refractivity contribution in [1.29, 1.82) is 0 Å². The van der Waals surface area contributed by atoms with Crippen LogP contribution in [0.4, 0.5) is 8.78 Å². The molecule has 0 aliphatic rings. The van der Waals surface area contributed by atoms with E-state index in [1.165, 1.54) is 7.11 Å². The van der Waals surface area contributed by atoms with Gasteiger partial charge in [0.25, 0.3) is 0 Å². The highest BCUT2D eigenvalue weighted by atomic mass is 19.1. The van der Waals surface area contributed by atoms with Crippen LogP contribution in [0.3, 0.4) is 0 Å². The molecule has 0 heterocycles. The van der Waals surface area contributed by atoms with E-state index in [0.717, 1.165) is 34.5 Å². The lowest BCUT2D eigenvalue weighted by atomic mass is 9.98. The normalized spacial score (nSPS) is 11.8. The van der Waals surface area contributed by atoms with Crippen molar-refractivity contribution in [1.82, 2.24) is 5.32 Å². The number of amides is 1. The van der Waals surface area contributed by atoms with Crippen LogP contribution in [0.15, 0.2) is 60.7 Å². The lowest BCUT2D eigenvalue weighted by Crippen LogP contribution is -2.43. The van der Waals surface area contributed by atoms with Crippen LogP contribution in [0.25, 0.3) is 10.8 Å². The molecule has 1 N–H and O–H groups in total. The van der Waals surface area contributed by atoms with Crippen LogP contribution >= 0.6 is 0 Å². The first-order chi connectivity index (χ1) is 13.5. The lowest BCUT2D eigenvalue weighted by molar-refractivity contribution is -0.145. The van der Waals surface area contributed by atoms with Gasteiger partial charge in [0, 0.05) is 12.5 Å². The quantitative estimate of drug-likeness (QED) is 0.662. The molecule has 0 saturated heterocycles. The Kier molecular flexibility index (Phi) is 5.99. The zero-order chi connectivity index (χ0) is 20.1. The third-order valence-electron chi connectivity index (χ3n) is 4.41. The number of hydrogen-bond donors (Lipinski definition) is 1. The van der Waals surface area contributed by atoms with Crippen molar-refractivity contribution in [3.8, 4) is 0 Å². The predicted octanol–water partition coefficient (Wildman–Crippen LogP) is 3.56. The molecule has 0 saturated carbocycles. The molecule has 3 aromatic carbocycles. The predicted molar refractivity (Wildman–Crippen MR) is 102 cm³/mol. The summed E-state index contributed by atoms with van der Waals surface area (Å²) in [4.78, 5) is 24.5. The van der Waals surface area contributed by atoms with E-state index in [4.69, 9.17) is 4.74 Å². The van der Waals surface area contributed by atoms with Crippen LogP contribution in [0.5, 0.6) is 0 Å². The fraction of sp³-hybridized carbons (Fsp3) is 0.182. The lowest BCUT2D eigenvalue weighted by Gasteiger charge is -2.18. The maximum atomic E-state index is 13.3. The molecule has 3 aromatic rings. The molecular formula is C22H19F2NO3. The third-order valence-corrected chi connectivity index (χ3v) is 4.41. The van der Waals surface area contributed by atoms with Crippen LogP contribution in [-0.4, -0.2) is 25.0 Å². The Morgan fingerprint density at radius 3 is 2.39 bits per heavy atom. The monoisotopic (exact) mass is 383 g/mol. The number of benzene rings is 3. The second kappa shape index (κ2) is 8.61. The van der Waals surface area contributed by atoms with Gasteiger partial charge in [0.15, 0.2) is 0 Å². The second-order valence-corrected chi connectivity index (χ2v) is 6.44. The van der Waals surface area contributed by atoms with Crippen LogP contribution < -0.4 is 5.32 Å². The highest BCUT2D eigenvalue weighted by Gasteiger charge is 2.23. The summed E-state index contributed by atoms with van der Waals surface area (Å²) < 4.78 is 31.4. The van der Waals surface area contributed by atoms with Crippen molar-refractivity contribution in [2.24, 2.45) is 0 Å². The van der Waals surface area contributed by atoms with Gasteiger partial charge in [-0.1, -0.05) is 42.5 Å². The summed E-state index contributed by atoms with van der Waals surface area (Å²) in [6.07, 6.45) is -0.0189. The van der Waals surface area contributed by atoms with E-state index < -0.39 is 29.6 Å². The number of methoxy groups -OCH3 is 1. The van der Waals surface area contributed by atoms with Gasteiger partial charge in [-0.15, -0.1) is 0 Å². The van der Waals surface area contributed by atoms with E-state index in [-0.39, 0.29) is 18.4 Å². The molecule has 144 valence electrons. The summed E-state index contributed by atoms with van der Waals surface area (Å²) in [5, 5.41) is 4.60. The number of halogens is 2. The molecule has 1 atom stereocenters. The summed E-state index contributed by atoms with van der Waals surface area (Å²) in [6.45, 7) is 0. The van der Waals surface area contributed by atoms with Crippen molar-refractivity contribution < 1.29 is 23.1 Å². The molecule has 6 heteroatoms. The van der Waals surface area contributed by atoms with E-state index in [1.54, 1.807) is 0 Å². The van der Waals surface area contributed by atoms with Gasteiger partial charge in [0.05, 0.1) is 13.5 Å². The molecule has 1 amide bonds. The van der Waals surface area contributed by atoms with Gasteiger partial charge in [-0.05, 0) is 34.0 Å². The zero-order valence-corrected chi connectivity index (χ0v) is 15.2. The summed E-state index contributed by atoms with van der Waals surface area (Å²) in [5.41, 5.74) is 1.06. The van der Waals surface area contributed by atoms with Crippen molar-refractivity contribution in [3.05, 3.63) is 83.4 Å². The molecule has 0 spiro atoms. The molecule has 0 aliphatic heterocycles. The van der Waals surface area contributed by atoms with Gasteiger partial charge in [-0.25, -0.2) is 13.6 Å². The molecule has 0 bridgehead atoms. The summed E-state index contributed by atoms with van der Waals surface area (Å²) in [7, 11) is 1.24. The Balaban J connectivity index is 1.78. The van der Waals surface area contributed by atoms with E-state index in [9.17, 15) is 18.4 Å². The first-order valence-electron chi connectivity index (χ1n) is 8.75. The molecule has 4 nitrogen and oxygen atoms in total. The molecule has 0 aliphatic carbocycles. The molecule has 0 radical (unpaired) electrons. The molecule has 28 heavy (non-hydrogen) atoms. The highest BCUT2D eigenvalue weighted by molar-refractivity contribution is 5.88. The average Bonchev–Trinajstić information content (AvgIpc) is 2.66. The Hall–Kier alpha value is -3.28. The fourth-order valence-electron chi connectivity index (χ4n) is 3.17. The molecular weight excluding hydrogens is 364 g/mol. The van der Waals surface area contributed by atoms with Gasteiger partial charge in [0.2, 0.25) is 5.91 Å². The average molecular weight is 383 g/mol. The van der Waals surface area contributed by atoms with Crippen LogP contribution in [0.1, 0.15) is 11.1 Å². The smallest absolute Gasteiger partial charge is 0.328 e. The van der Waals surface area contributed by atoms with Crippen molar-refractivity contribution in [2.45, 2.75) is 18.9 Å². The maximum Gasteiger partial charge on any atom is 0.328 e. The standard InChI is InChI=1S/C22H19F2NO3/c1-28-22(27)20(12-16-7-4-6-15-5-2-3-8-19(15)16)25-21(26)11-14-9-17(23)13-18(24)10-14/h2-10,13,20H,11-12H2,1H3,(H,25,26)/t20-/m0/s1. The topological polar surface area (TPSA) is 55.4 Å². The minimum atomic E-state index is -0.915. The van der Waals surface area contributed by atoms with E-state index in [0.29, 0.717) is 0 Å². The SMILES string of the molecule is COC(=O)[C@H](Cc1cccc2ccccc12)NC(=O)Cc1cc(F)cc(F)c1. The Morgan fingerprint density at radius 1 is 1.00 bits per heavy atom.